The van der Waals surface area contributed by atoms with Crippen LogP contribution in [0.3, 0.4) is 0 Å². The van der Waals surface area contributed by atoms with Gasteiger partial charge in [-0.1, -0.05) is 42.8 Å². The third-order valence-electron chi connectivity index (χ3n) is 4.36. The molecule has 0 radical (unpaired) electrons. The zero-order chi connectivity index (χ0) is 19.9. The predicted octanol–water partition coefficient (Wildman–Crippen LogP) is 4.61. The number of aryl methyl sites for hydroxylation is 2. The number of hydrogen-bond donors (Lipinski definition) is 2. The molecule has 0 aliphatic heterocycles. The van der Waals surface area contributed by atoms with Crippen LogP contribution in [-0.4, -0.2) is 15.9 Å². The lowest BCUT2D eigenvalue weighted by atomic mass is 10.1. The van der Waals surface area contributed by atoms with Crippen LogP contribution in [0.15, 0.2) is 59.4 Å². The second kappa shape index (κ2) is 9.33. The molecule has 0 atom stereocenters. The molecule has 3 rings (SSSR count). The van der Waals surface area contributed by atoms with E-state index in [-0.39, 0.29) is 11.5 Å². The van der Waals surface area contributed by atoms with Gasteiger partial charge in [-0.05, 0) is 49.1 Å². The van der Waals surface area contributed by atoms with E-state index in [2.05, 4.69) is 15.3 Å². The van der Waals surface area contributed by atoms with Gasteiger partial charge in [-0.15, -0.1) is 0 Å². The lowest BCUT2D eigenvalue weighted by Crippen LogP contribution is -2.12. The van der Waals surface area contributed by atoms with Crippen molar-refractivity contribution in [3.8, 4) is 11.4 Å². The Morgan fingerprint density at radius 1 is 1.14 bits per heavy atom. The Bertz CT molecular complexity index is 1010. The molecule has 6 heteroatoms. The number of rotatable bonds is 7. The Morgan fingerprint density at radius 2 is 1.93 bits per heavy atom. The second-order valence-electron chi connectivity index (χ2n) is 6.55. The van der Waals surface area contributed by atoms with Gasteiger partial charge >= 0.3 is 0 Å². The zero-order valence-corrected chi connectivity index (χ0v) is 16.4. The molecular formula is C22H22ClN3O2. The Labute approximate surface area is 168 Å². The van der Waals surface area contributed by atoms with E-state index in [0.29, 0.717) is 29.4 Å². The summed E-state index contributed by atoms with van der Waals surface area (Å²) in [6.45, 7) is 1.95. The van der Waals surface area contributed by atoms with E-state index in [0.717, 1.165) is 29.7 Å². The molecule has 3 aromatic rings. The van der Waals surface area contributed by atoms with Crippen LogP contribution in [0.1, 0.15) is 31.0 Å². The molecule has 0 saturated carbocycles. The number of hydrogen-bond acceptors (Lipinski definition) is 3. The maximum atomic E-state index is 12.3. The topological polar surface area (TPSA) is 74.8 Å². The fourth-order valence-corrected chi connectivity index (χ4v) is 3.02. The van der Waals surface area contributed by atoms with Crippen LogP contribution in [0.2, 0.25) is 5.02 Å². The maximum absolute atomic E-state index is 12.3. The van der Waals surface area contributed by atoms with Gasteiger partial charge in [-0.2, -0.15) is 0 Å². The first-order chi connectivity index (χ1) is 13.5. The average Bonchev–Trinajstić information content (AvgIpc) is 2.69. The van der Waals surface area contributed by atoms with Gasteiger partial charge in [0.1, 0.15) is 5.82 Å². The van der Waals surface area contributed by atoms with E-state index in [1.807, 2.05) is 55.5 Å². The fraction of sp³-hybridized carbons (Fsp3) is 0.227. The number of nitrogens with one attached hydrogen (secondary N) is 2. The standard InChI is InChI=1S/C22H22ClN3O2/c1-2-18-14-21(28)26-22(25-18)16-6-4-7-19(13-16)24-20(27)8-3-5-15-9-11-17(23)12-10-15/h4,6-7,9-14H,2-3,5,8H2,1H3,(H,24,27)(H,25,26,28). The van der Waals surface area contributed by atoms with Crippen molar-refractivity contribution in [3.05, 3.63) is 81.2 Å². The molecular weight excluding hydrogens is 374 g/mol. The Balaban J connectivity index is 1.61. The Kier molecular flexibility index (Phi) is 6.61. The van der Waals surface area contributed by atoms with Gasteiger partial charge in [0, 0.05) is 34.5 Å². The van der Waals surface area contributed by atoms with Crippen LogP contribution in [0, 0.1) is 0 Å². The van der Waals surface area contributed by atoms with Crippen LogP contribution in [0.4, 0.5) is 5.69 Å². The molecule has 2 aromatic carbocycles. The number of aromatic amines is 1. The first kappa shape index (κ1) is 19.8. The summed E-state index contributed by atoms with van der Waals surface area (Å²) in [6.07, 6.45) is 2.67. The highest BCUT2D eigenvalue weighted by atomic mass is 35.5. The number of halogens is 1. The quantitative estimate of drug-likeness (QED) is 0.613. The van der Waals surface area contributed by atoms with Gasteiger partial charge in [0.25, 0.3) is 5.56 Å². The van der Waals surface area contributed by atoms with Crippen LogP contribution in [0.5, 0.6) is 0 Å². The van der Waals surface area contributed by atoms with Crippen LogP contribution >= 0.6 is 11.6 Å². The van der Waals surface area contributed by atoms with E-state index in [9.17, 15) is 9.59 Å². The molecule has 144 valence electrons. The number of carbonyl (C=O) groups is 1. The molecule has 0 unspecified atom stereocenters. The minimum atomic E-state index is -0.182. The number of benzene rings is 2. The highest BCUT2D eigenvalue weighted by Crippen LogP contribution is 2.19. The lowest BCUT2D eigenvalue weighted by molar-refractivity contribution is -0.116. The summed E-state index contributed by atoms with van der Waals surface area (Å²) < 4.78 is 0. The third kappa shape index (κ3) is 5.54. The molecule has 28 heavy (non-hydrogen) atoms. The highest BCUT2D eigenvalue weighted by molar-refractivity contribution is 6.30. The van der Waals surface area contributed by atoms with Crippen molar-refractivity contribution in [2.45, 2.75) is 32.6 Å². The summed E-state index contributed by atoms with van der Waals surface area (Å²) in [7, 11) is 0. The van der Waals surface area contributed by atoms with Crippen molar-refractivity contribution in [2.24, 2.45) is 0 Å². The van der Waals surface area contributed by atoms with Gasteiger partial charge in [0.15, 0.2) is 0 Å². The smallest absolute Gasteiger partial charge is 0.251 e. The lowest BCUT2D eigenvalue weighted by Gasteiger charge is -2.08. The molecule has 2 N–H and O–H groups in total. The third-order valence-corrected chi connectivity index (χ3v) is 4.61. The molecule has 1 heterocycles. The van der Waals surface area contributed by atoms with Crippen molar-refractivity contribution in [1.82, 2.24) is 9.97 Å². The molecule has 0 bridgehead atoms. The molecule has 1 amide bonds. The summed E-state index contributed by atoms with van der Waals surface area (Å²) in [4.78, 5) is 31.2. The maximum Gasteiger partial charge on any atom is 0.251 e. The molecule has 0 aliphatic carbocycles. The van der Waals surface area contributed by atoms with Gasteiger partial charge in [0.05, 0.1) is 0 Å². The molecule has 0 aliphatic rings. The van der Waals surface area contributed by atoms with E-state index in [1.54, 1.807) is 0 Å². The molecule has 0 spiro atoms. The normalized spacial score (nSPS) is 10.6. The summed E-state index contributed by atoms with van der Waals surface area (Å²) in [5.74, 6) is 0.457. The molecule has 0 fully saturated rings. The first-order valence-corrected chi connectivity index (χ1v) is 9.66. The first-order valence-electron chi connectivity index (χ1n) is 9.28. The Hall–Kier alpha value is -2.92. The average molecular weight is 396 g/mol. The second-order valence-corrected chi connectivity index (χ2v) is 6.98. The monoisotopic (exact) mass is 395 g/mol. The van der Waals surface area contributed by atoms with Crippen molar-refractivity contribution >= 4 is 23.2 Å². The van der Waals surface area contributed by atoms with Gasteiger partial charge in [-0.25, -0.2) is 4.98 Å². The fourth-order valence-electron chi connectivity index (χ4n) is 2.90. The summed E-state index contributed by atoms with van der Waals surface area (Å²) >= 11 is 5.88. The number of amides is 1. The molecule has 5 nitrogen and oxygen atoms in total. The number of nitrogens with zero attached hydrogens (tertiary/aromatic N) is 1. The minimum Gasteiger partial charge on any atom is -0.326 e. The number of carbonyl (C=O) groups excluding carboxylic acids is 1. The number of aromatic nitrogens is 2. The Morgan fingerprint density at radius 3 is 2.68 bits per heavy atom. The number of H-pyrrole nitrogens is 1. The summed E-state index contributed by atoms with van der Waals surface area (Å²) in [6, 6.07) is 16.5. The van der Waals surface area contributed by atoms with Crippen molar-refractivity contribution in [3.63, 3.8) is 0 Å². The molecule has 0 saturated heterocycles. The minimum absolute atomic E-state index is 0.0464. The van der Waals surface area contributed by atoms with E-state index >= 15 is 0 Å². The van der Waals surface area contributed by atoms with Crippen molar-refractivity contribution < 1.29 is 4.79 Å². The van der Waals surface area contributed by atoms with Crippen LogP contribution in [0.25, 0.3) is 11.4 Å². The van der Waals surface area contributed by atoms with Gasteiger partial charge in [-0.3, -0.25) is 9.59 Å². The largest absolute Gasteiger partial charge is 0.326 e. The highest BCUT2D eigenvalue weighted by Gasteiger charge is 2.07. The SMILES string of the molecule is CCc1cc(=O)[nH]c(-c2cccc(NC(=O)CCCc3ccc(Cl)cc3)c2)n1. The van der Waals surface area contributed by atoms with Gasteiger partial charge < -0.3 is 10.3 Å². The van der Waals surface area contributed by atoms with E-state index in [1.165, 1.54) is 6.07 Å². The summed E-state index contributed by atoms with van der Waals surface area (Å²) in [5.41, 5.74) is 3.14. The van der Waals surface area contributed by atoms with Gasteiger partial charge in [0.2, 0.25) is 5.91 Å². The summed E-state index contributed by atoms with van der Waals surface area (Å²) in [5, 5.41) is 3.62. The van der Waals surface area contributed by atoms with Crippen molar-refractivity contribution in [1.29, 1.82) is 0 Å². The number of anilines is 1. The molecule has 1 aromatic heterocycles. The predicted molar refractivity (Wildman–Crippen MR) is 113 cm³/mol. The zero-order valence-electron chi connectivity index (χ0n) is 15.7. The van der Waals surface area contributed by atoms with Crippen molar-refractivity contribution in [2.75, 3.05) is 5.32 Å². The van der Waals surface area contributed by atoms with Crippen LogP contribution < -0.4 is 10.9 Å². The van der Waals surface area contributed by atoms with E-state index in [4.69, 9.17) is 11.6 Å². The van der Waals surface area contributed by atoms with Crippen LogP contribution in [-0.2, 0) is 17.6 Å². The van der Waals surface area contributed by atoms with E-state index < -0.39 is 0 Å².